The van der Waals surface area contributed by atoms with Crippen LogP contribution in [0.3, 0.4) is 0 Å². The Bertz CT molecular complexity index is 867. The second-order valence-corrected chi connectivity index (χ2v) is 5.94. The summed E-state index contributed by atoms with van der Waals surface area (Å²) in [5, 5.41) is -0.685. The highest BCUT2D eigenvalue weighted by Gasteiger charge is 2.19. The maximum absolute atomic E-state index is 14.0. The van der Waals surface area contributed by atoms with E-state index in [1.165, 1.54) is 10.6 Å². The van der Waals surface area contributed by atoms with Gasteiger partial charge in [0.15, 0.2) is 5.58 Å². The summed E-state index contributed by atoms with van der Waals surface area (Å²) in [6.45, 7) is 0. The highest BCUT2D eigenvalue weighted by atomic mass is 79.9. The normalized spacial score (nSPS) is 12.8. The smallest absolute Gasteiger partial charge is 0.408 e. The Labute approximate surface area is 133 Å². The molecule has 1 heterocycles. The maximum Gasteiger partial charge on any atom is 0.419 e. The summed E-state index contributed by atoms with van der Waals surface area (Å²) in [5.41, 5.74) is 2.11. The standard InChI is InChI=1S/C15H10BrClFNO2/c1-19-11-6-5-8(7-12(11)21-15(19)20)14(17)13-9(16)3-2-4-10(13)18/h2-7,14H,1H3. The minimum atomic E-state index is -0.685. The number of oxazole rings is 1. The molecular formula is C15H10BrClFNO2. The van der Waals surface area contributed by atoms with E-state index in [1.54, 1.807) is 37.4 Å². The molecule has 21 heavy (non-hydrogen) atoms. The fourth-order valence-corrected chi connectivity index (χ4v) is 3.29. The van der Waals surface area contributed by atoms with E-state index in [1.807, 2.05) is 0 Å². The first-order chi connectivity index (χ1) is 9.99. The van der Waals surface area contributed by atoms with Crippen molar-refractivity contribution in [2.24, 2.45) is 7.05 Å². The van der Waals surface area contributed by atoms with Crippen LogP contribution in [0, 0.1) is 5.82 Å². The van der Waals surface area contributed by atoms with Crippen LogP contribution in [0.4, 0.5) is 4.39 Å². The molecule has 0 bridgehead atoms. The summed E-state index contributed by atoms with van der Waals surface area (Å²) in [5.74, 6) is -0.834. The molecule has 1 aromatic heterocycles. The largest absolute Gasteiger partial charge is 0.419 e. The van der Waals surface area contributed by atoms with Crippen molar-refractivity contribution in [2.75, 3.05) is 0 Å². The zero-order valence-corrected chi connectivity index (χ0v) is 13.3. The summed E-state index contributed by atoms with van der Waals surface area (Å²) in [7, 11) is 1.62. The second kappa shape index (κ2) is 5.31. The number of hydrogen-bond donors (Lipinski definition) is 0. The van der Waals surface area contributed by atoms with Gasteiger partial charge in [0.2, 0.25) is 0 Å². The lowest BCUT2D eigenvalue weighted by Crippen LogP contribution is -2.08. The van der Waals surface area contributed by atoms with Crippen LogP contribution in [-0.2, 0) is 7.05 Å². The van der Waals surface area contributed by atoms with E-state index in [-0.39, 0.29) is 5.82 Å². The number of nitrogens with zero attached hydrogens (tertiary/aromatic N) is 1. The van der Waals surface area contributed by atoms with Crippen molar-refractivity contribution < 1.29 is 8.81 Å². The minimum absolute atomic E-state index is 0.358. The fourth-order valence-electron chi connectivity index (χ4n) is 2.23. The third-order valence-corrected chi connectivity index (χ3v) is 4.52. The van der Waals surface area contributed by atoms with Gasteiger partial charge in [-0.25, -0.2) is 9.18 Å². The Balaban J connectivity index is 2.14. The molecule has 6 heteroatoms. The van der Waals surface area contributed by atoms with Crippen molar-refractivity contribution in [2.45, 2.75) is 5.38 Å². The molecule has 3 nitrogen and oxygen atoms in total. The van der Waals surface area contributed by atoms with E-state index in [4.69, 9.17) is 16.0 Å². The molecule has 3 rings (SSSR count). The first-order valence-electron chi connectivity index (χ1n) is 6.16. The third-order valence-electron chi connectivity index (χ3n) is 3.36. The van der Waals surface area contributed by atoms with Gasteiger partial charge in [-0.15, -0.1) is 11.6 Å². The number of rotatable bonds is 2. The van der Waals surface area contributed by atoms with Crippen molar-refractivity contribution in [1.82, 2.24) is 4.57 Å². The van der Waals surface area contributed by atoms with Crippen LogP contribution in [-0.4, -0.2) is 4.57 Å². The maximum atomic E-state index is 14.0. The van der Waals surface area contributed by atoms with Crippen LogP contribution in [0.1, 0.15) is 16.5 Å². The van der Waals surface area contributed by atoms with E-state index < -0.39 is 11.1 Å². The molecule has 0 N–H and O–H groups in total. The Hall–Kier alpha value is -1.59. The van der Waals surface area contributed by atoms with E-state index >= 15 is 0 Å². The summed E-state index contributed by atoms with van der Waals surface area (Å²) in [6.07, 6.45) is 0. The molecule has 1 atom stereocenters. The van der Waals surface area contributed by atoms with Gasteiger partial charge in [-0.1, -0.05) is 28.1 Å². The average molecular weight is 371 g/mol. The van der Waals surface area contributed by atoms with Gasteiger partial charge in [-0.05, 0) is 29.8 Å². The van der Waals surface area contributed by atoms with Crippen molar-refractivity contribution >= 4 is 38.6 Å². The van der Waals surface area contributed by atoms with E-state index in [9.17, 15) is 9.18 Å². The van der Waals surface area contributed by atoms with E-state index in [2.05, 4.69) is 15.9 Å². The summed E-state index contributed by atoms with van der Waals surface area (Å²) >= 11 is 9.70. The first-order valence-corrected chi connectivity index (χ1v) is 7.39. The summed E-state index contributed by atoms with van der Waals surface area (Å²) < 4.78 is 21.1. The number of aromatic nitrogens is 1. The van der Waals surface area contributed by atoms with Gasteiger partial charge in [0, 0.05) is 17.1 Å². The molecule has 2 aromatic carbocycles. The number of fused-ring (bicyclic) bond motifs is 1. The van der Waals surface area contributed by atoms with Gasteiger partial charge in [0.25, 0.3) is 0 Å². The number of halogens is 3. The number of alkyl halides is 1. The van der Waals surface area contributed by atoms with Crippen molar-refractivity contribution in [3.8, 4) is 0 Å². The Kier molecular flexibility index (Phi) is 3.63. The third kappa shape index (κ3) is 2.40. The van der Waals surface area contributed by atoms with E-state index in [0.717, 1.165) is 0 Å². The molecule has 0 saturated carbocycles. The van der Waals surface area contributed by atoms with Gasteiger partial charge < -0.3 is 4.42 Å². The Morgan fingerprint density at radius 2 is 2.10 bits per heavy atom. The quantitative estimate of drug-likeness (QED) is 0.628. The lowest BCUT2D eigenvalue weighted by Gasteiger charge is -2.13. The molecule has 0 saturated heterocycles. The van der Waals surface area contributed by atoms with Gasteiger partial charge in [-0.3, -0.25) is 4.57 Å². The highest BCUT2D eigenvalue weighted by Crippen LogP contribution is 2.36. The number of benzene rings is 2. The lowest BCUT2D eigenvalue weighted by molar-refractivity contribution is 0.528. The summed E-state index contributed by atoms with van der Waals surface area (Å²) in [6, 6.07) is 9.85. The van der Waals surface area contributed by atoms with Gasteiger partial charge >= 0.3 is 5.76 Å². The van der Waals surface area contributed by atoms with E-state index in [0.29, 0.717) is 26.7 Å². The fraction of sp³-hybridized carbons (Fsp3) is 0.133. The van der Waals surface area contributed by atoms with Gasteiger partial charge in [0.1, 0.15) is 5.82 Å². The van der Waals surface area contributed by atoms with Crippen molar-refractivity contribution in [1.29, 1.82) is 0 Å². The molecular weight excluding hydrogens is 361 g/mol. The topological polar surface area (TPSA) is 35.1 Å². The molecule has 0 fully saturated rings. The predicted molar refractivity (Wildman–Crippen MR) is 83.3 cm³/mol. The van der Waals surface area contributed by atoms with Crippen LogP contribution >= 0.6 is 27.5 Å². The van der Waals surface area contributed by atoms with Gasteiger partial charge in [-0.2, -0.15) is 0 Å². The molecule has 0 radical (unpaired) electrons. The van der Waals surface area contributed by atoms with Crippen molar-refractivity contribution in [3.05, 3.63) is 68.4 Å². The SMILES string of the molecule is Cn1c(=O)oc2cc(C(Cl)c3c(F)cccc3Br)ccc21. The molecule has 0 spiro atoms. The highest BCUT2D eigenvalue weighted by molar-refractivity contribution is 9.10. The van der Waals surface area contributed by atoms with Crippen LogP contribution in [0.15, 0.2) is 50.1 Å². The molecule has 108 valence electrons. The number of hydrogen-bond acceptors (Lipinski definition) is 2. The zero-order chi connectivity index (χ0) is 15.1. The monoisotopic (exact) mass is 369 g/mol. The molecule has 1 unspecified atom stereocenters. The molecule has 0 aliphatic heterocycles. The van der Waals surface area contributed by atoms with Crippen LogP contribution in [0.25, 0.3) is 11.1 Å². The minimum Gasteiger partial charge on any atom is -0.408 e. The first kappa shape index (κ1) is 14.4. The predicted octanol–water partition coefficient (Wildman–Crippen LogP) is 4.36. The molecule has 3 aromatic rings. The second-order valence-electron chi connectivity index (χ2n) is 4.65. The molecule has 0 amide bonds. The van der Waals surface area contributed by atoms with Crippen molar-refractivity contribution in [3.63, 3.8) is 0 Å². The van der Waals surface area contributed by atoms with Crippen LogP contribution in [0.2, 0.25) is 0 Å². The average Bonchev–Trinajstić information content (AvgIpc) is 2.73. The van der Waals surface area contributed by atoms with Crippen LogP contribution in [0.5, 0.6) is 0 Å². The number of aryl methyl sites for hydroxylation is 1. The molecule has 0 aliphatic rings. The Morgan fingerprint density at radius 1 is 1.33 bits per heavy atom. The van der Waals surface area contributed by atoms with Gasteiger partial charge in [0.05, 0.1) is 10.9 Å². The molecule has 0 aliphatic carbocycles. The Morgan fingerprint density at radius 3 is 2.81 bits per heavy atom. The summed E-state index contributed by atoms with van der Waals surface area (Å²) in [4.78, 5) is 11.5. The lowest BCUT2D eigenvalue weighted by atomic mass is 10.0. The zero-order valence-electron chi connectivity index (χ0n) is 10.9. The van der Waals surface area contributed by atoms with Crippen LogP contribution < -0.4 is 5.76 Å².